The van der Waals surface area contributed by atoms with E-state index in [1.54, 1.807) is 0 Å². The average Bonchev–Trinajstić information content (AvgIpc) is 2.29. The predicted octanol–water partition coefficient (Wildman–Crippen LogP) is 3.69. The summed E-state index contributed by atoms with van der Waals surface area (Å²) in [5, 5.41) is 0. The highest BCUT2D eigenvalue weighted by molar-refractivity contribution is 5.76. The number of methoxy groups -OCH3 is 1. The van der Waals surface area contributed by atoms with Crippen LogP contribution in [-0.2, 0) is 9.53 Å². The molecule has 0 spiro atoms. The Kier molecular flexibility index (Phi) is 5.13. The van der Waals surface area contributed by atoms with Crippen LogP contribution in [0.1, 0.15) is 64.7 Å². The lowest BCUT2D eigenvalue weighted by molar-refractivity contribution is -0.155. The molecule has 0 unspecified atom stereocenters. The van der Waals surface area contributed by atoms with Crippen molar-refractivity contribution in [1.29, 1.82) is 0 Å². The minimum Gasteiger partial charge on any atom is -0.469 e. The standard InChI is InChI=1S/C13H24O2/c1-3-4-6-9-13(12(14)15-2)10-7-5-8-11-13/h3-11H2,1-2H3. The van der Waals surface area contributed by atoms with Crippen LogP contribution in [0.4, 0.5) is 0 Å². The van der Waals surface area contributed by atoms with E-state index in [1.165, 1.54) is 45.6 Å². The number of hydrogen-bond acceptors (Lipinski definition) is 2. The summed E-state index contributed by atoms with van der Waals surface area (Å²) in [4.78, 5) is 11.9. The van der Waals surface area contributed by atoms with Crippen molar-refractivity contribution in [2.75, 3.05) is 7.11 Å². The SMILES string of the molecule is CCCCCC1(C(=O)OC)CCCCC1. The molecule has 0 aliphatic heterocycles. The molecule has 1 fully saturated rings. The van der Waals surface area contributed by atoms with E-state index < -0.39 is 0 Å². The lowest BCUT2D eigenvalue weighted by Gasteiger charge is -2.34. The molecule has 0 heterocycles. The molecule has 2 heteroatoms. The maximum Gasteiger partial charge on any atom is 0.311 e. The molecular weight excluding hydrogens is 188 g/mol. The van der Waals surface area contributed by atoms with Crippen LogP contribution in [0.15, 0.2) is 0 Å². The lowest BCUT2D eigenvalue weighted by atomic mass is 9.71. The topological polar surface area (TPSA) is 26.3 Å². The normalized spacial score (nSPS) is 19.9. The quantitative estimate of drug-likeness (QED) is 0.513. The van der Waals surface area contributed by atoms with Crippen molar-refractivity contribution < 1.29 is 9.53 Å². The van der Waals surface area contributed by atoms with Gasteiger partial charge in [-0.05, 0) is 19.3 Å². The third-order valence-corrected chi connectivity index (χ3v) is 3.69. The predicted molar refractivity (Wildman–Crippen MR) is 61.7 cm³/mol. The van der Waals surface area contributed by atoms with E-state index in [2.05, 4.69) is 6.92 Å². The summed E-state index contributed by atoms with van der Waals surface area (Å²) in [6.45, 7) is 2.20. The van der Waals surface area contributed by atoms with Crippen LogP contribution in [0, 0.1) is 5.41 Å². The zero-order valence-electron chi connectivity index (χ0n) is 10.2. The van der Waals surface area contributed by atoms with Crippen molar-refractivity contribution in [1.82, 2.24) is 0 Å². The van der Waals surface area contributed by atoms with Gasteiger partial charge in [-0.25, -0.2) is 0 Å². The van der Waals surface area contributed by atoms with E-state index in [0.717, 1.165) is 19.3 Å². The first-order valence-electron chi connectivity index (χ1n) is 6.33. The fraction of sp³-hybridized carbons (Fsp3) is 0.923. The van der Waals surface area contributed by atoms with Gasteiger partial charge in [0.25, 0.3) is 0 Å². The summed E-state index contributed by atoms with van der Waals surface area (Å²) in [6.07, 6.45) is 10.4. The molecule has 0 N–H and O–H groups in total. The highest BCUT2D eigenvalue weighted by atomic mass is 16.5. The van der Waals surface area contributed by atoms with Gasteiger partial charge in [-0.3, -0.25) is 4.79 Å². The van der Waals surface area contributed by atoms with Crippen LogP contribution in [-0.4, -0.2) is 13.1 Å². The lowest BCUT2D eigenvalue weighted by Crippen LogP contribution is -2.34. The van der Waals surface area contributed by atoms with Crippen LogP contribution in [0.25, 0.3) is 0 Å². The number of esters is 1. The van der Waals surface area contributed by atoms with Gasteiger partial charge in [0.1, 0.15) is 0 Å². The van der Waals surface area contributed by atoms with Crippen LogP contribution >= 0.6 is 0 Å². The first-order chi connectivity index (χ1) is 7.25. The molecule has 1 aliphatic rings. The molecule has 0 atom stereocenters. The van der Waals surface area contributed by atoms with Crippen LogP contribution < -0.4 is 0 Å². The van der Waals surface area contributed by atoms with Crippen molar-refractivity contribution in [3.05, 3.63) is 0 Å². The summed E-state index contributed by atoms with van der Waals surface area (Å²) < 4.78 is 4.98. The molecular formula is C13H24O2. The van der Waals surface area contributed by atoms with Gasteiger partial charge in [0.15, 0.2) is 0 Å². The molecule has 0 aromatic heterocycles. The van der Waals surface area contributed by atoms with E-state index in [4.69, 9.17) is 4.74 Å². The number of carbonyl (C=O) groups is 1. The summed E-state index contributed by atoms with van der Waals surface area (Å²) in [5.74, 6) is 0.0401. The molecule has 0 amide bonds. The highest BCUT2D eigenvalue weighted by Gasteiger charge is 2.39. The Balaban J connectivity index is 2.54. The van der Waals surface area contributed by atoms with Gasteiger partial charge in [-0.15, -0.1) is 0 Å². The number of hydrogen-bond donors (Lipinski definition) is 0. The van der Waals surface area contributed by atoms with E-state index in [9.17, 15) is 4.79 Å². The van der Waals surface area contributed by atoms with E-state index >= 15 is 0 Å². The minimum absolute atomic E-state index is 0.0401. The zero-order chi connectivity index (χ0) is 11.1. The van der Waals surface area contributed by atoms with Gasteiger partial charge < -0.3 is 4.74 Å². The summed E-state index contributed by atoms with van der Waals surface area (Å²) in [6, 6.07) is 0. The molecule has 0 radical (unpaired) electrons. The Hall–Kier alpha value is -0.530. The molecule has 0 aromatic rings. The van der Waals surface area contributed by atoms with Crippen molar-refractivity contribution in [2.45, 2.75) is 64.7 Å². The van der Waals surface area contributed by atoms with Crippen LogP contribution in [0.2, 0.25) is 0 Å². The second kappa shape index (κ2) is 6.14. The Labute approximate surface area is 93.4 Å². The monoisotopic (exact) mass is 212 g/mol. The van der Waals surface area contributed by atoms with Gasteiger partial charge >= 0.3 is 5.97 Å². The van der Waals surface area contributed by atoms with Gasteiger partial charge in [0.05, 0.1) is 12.5 Å². The second-order valence-electron chi connectivity index (χ2n) is 4.79. The summed E-state index contributed by atoms with van der Waals surface area (Å²) >= 11 is 0. The largest absolute Gasteiger partial charge is 0.469 e. The maximum atomic E-state index is 11.9. The van der Waals surface area contributed by atoms with Gasteiger partial charge in [0.2, 0.25) is 0 Å². The first-order valence-corrected chi connectivity index (χ1v) is 6.33. The number of rotatable bonds is 5. The van der Waals surface area contributed by atoms with Crippen molar-refractivity contribution >= 4 is 5.97 Å². The van der Waals surface area contributed by atoms with Crippen molar-refractivity contribution in [3.63, 3.8) is 0 Å². The fourth-order valence-electron chi connectivity index (χ4n) is 2.71. The molecule has 0 bridgehead atoms. The fourth-order valence-corrected chi connectivity index (χ4v) is 2.71. The van der Waals surface area contributed by atoms with Gasteiger partial charge in [0, 0.05) is 0 Å². The molecule has 0 saturated heterocycles. The smallest absolute Gasteiger partial charge is 0.311 e. The Bertz CT molecular complexity index is 193. The molecule has 1 rings (SSSR count). The van der Waals surface area contributed by atoms with E-state index in [1.807, 2.05) is 0 Å². The number of ether oxygens (including phenoxy) is 1. The van der Waals surface area contributed by atoms with E-state index in [-0.39, 0.29) is 11.4 Å². The summed E-state index contributed by atoms with van der Waals surface area (Å²) in [7, 11) is 1.53. The van der Waals surface area contributed by atoms with E-state index in [0.29, 0.717) is 0 Å². The first kappa shape index (κ1) is 12.5. The number of carbonyl (C=O) groups excluding carboxylic acids is 1. The Morgan fingerprint density at radius 3 is 2.40 bits per heavy atom. The summed E-state index contributed by atoms with van der Waals surface area (Å²) in [5.41, 5.74) is -0.123. The highest BCUT2D eigenvalue weighted by Crippen LogP contribution is 2.41. The average molecular weight is 212 g/mol. The molecule has 2 nitrogen and oxygen atoms in total. The molecule has 0 aromatic carbocycles. The van der Waals surface area contributed by atoms with Gasteiger partial charge in [-0.1, -0.05) is 45.4 Å². The van der Waals surface area contributed by atoms with Crippen LogP contribution in [0.5, 0.6) is 0 Å². The van der Waals surface area contributed by atoms with Crippen molar-refractivity contribution in [2.24, 2.45) is 5.41 Å². The van der Waals surface area contributed by atoms with Crippen molar-refractivity contribution in [3.8, 4) is 0 Å². The Morgan fingerprint density at radius 2 is 1.87 bits per heavy atom. The third-order valence-electron chi connectivity index (χ3n) is 3.69. The van der Waals surface area contributed by atoms with Gasteiger partial charge in [-0.2, -0.15) is 0 Å². The Morgan fingerprint density at radius 1 is 1.20 bits per heavy atom. The minimum atomic E-state index is -0.123. The third kappa shape index (κ3) is 3.22. The number of unbranched alkanes of at least 4 members (excludes halogenated alkanes) is 2. The maximum absolute atomic E-state index is 11.9. The molecule has 88 valence electrons. The molecule has 1 aliphatic carbocycles. The second-order valence-corrected chi connectivity index (χ2v) is 4.79. The molecule has 15 heavy (non-hydrogen) atoms. The van der Waals surface area contributed by atoms with Crippen LogP contribution in [0.3, 0.4) is 0 Å². The molecule has 1 saturated carbocycles. The zero-order valence-corrected chi connectivity index (χ0v) is 10.2.